The first-order chi connectivity index (χ1) is 8.99. The topological polar surface area (TPSA) is 59.5 Å². The molecule has 1 heterocycles. The normalized spacial score (nSPS) is 10.5. The summed E-state index contributed by atoms with van der Waals surface area (Å²) >= 11 is 3.32. The van der Waals surface area contributed by atoms with Crippen molar-refractivity contribution in [3.8, 4) is 0 Å². The number of furan rings is 1. The molecule has 1 aromatic carbocycles. The van der Waals surface area contributed by atoms with Gasteiger partial charge in [-0.3, -0.25) is 4.79 Å². The van der Waals surface area contributed by atoms with Crippen molar-refractivity contribution in [2.75, 3.05) is 12.8 Å². The summed E-state index contributed by atoms with van der Waals surface area (Å²) in [5.74, 6) is 0.717. The number of carbonyl (C=O) groups excluding carboxylic acids is 1. The number of hydrogen-bond acceptors (Lipinski definition) is 3. The first-order valence-corrected chi connectivity index (χ1v) is 6.62. The second-order valence-electron chi connectivity index (χ2n) is 4.39. The highest BCUT2D eigenvalue weighted by Gasteiger charge is 2.16. The number of aryl methyl sites for hydroxylation is 1. The summed E-state index contributed by atoms with van der Waals surface area (Å²) in [5, 5.41) is 0. The molecule has 1 aromatic heterocycles. The zero-order chi connectivity index (χ0) is 14.0. The summed E-state index contributed by atoms with van der Waals surface area (Å²) in [6.07, 6.45) is 1.62. The Bertz CT molecular complexity index is 607. The third-order valence-electron chi connectivity index (χ3n) is 2.96. The Kier molecular flexibility index (Phi) is 3.95. The van der Waals surface area contributed by atoms with Crippen LogP contribution in [0.5, 0.6) is 0 Å². The fourth-order valence-corrected chi connectivity index (χ4v) is 2.22. The Morgan fingerprint density at radius 1 is 1.42 bits per heavy atom. The molecule has 0 saturated carbocycles. The second kappa shape index (κ2) is 5.48. The molecular formula is C14H15BrN2O2. The van der Waals surface area contributed by atoms with Crippen LogP contribution in [0, 0.1) is 6.92 Å². The number of anilines is 1. The molecule has 0 saturated heterocycles. The molecule has 0 radical (unpaired) electrons. The van der Waals surface area contributed by atoms with Crippen LogP contribution in [0.1, 0.15) is 21.7 Å². The highest BCUT2D eigenvalue weighted by Crippen LogP contribution is 2.21. The van der Waals surface area contributed by atoms with Crippen LogP contribution in [-0.2, 0) is 6.54 Å². The van der Waals surface area contributed by atoms with Gasteiger partial charge in [0.25, 0.3) is 5.91 Å². The third-order valence-corrected chi connectivity index (χ3v) is 3.46. The highest BCUT2D eigenvalue weighted by molar-refractivity contribution is 9.10. The number of hydrogen-bond donors (Lipinski definition) is 1. The van der Waals surface area contributed by atoms with Crippen molar-refractivity contribution in [2.45, 2.75) is 13.5 Å². The molecule has 4 nitrogen and oxygen atoms in total. The fourth-order valence-electron chi connectivity index (χ4n) is 1.84. The van der Waals surface area contributed by atoms with Crippen molar-refractivity contribution in [1.29, 1.82) is 0 Å². The van der Waals surface area contributed by atoms with E-state index in [2.05, 4.69) is 15.9 Å². The van der Waals surface area contributed by atoms with E-state index in [-0.39, 0.29) is 5.91 Å². The molecule has 100 valence electrons. The second-order valence-corrected chi connectivity index (χ2v) is 5.31. The monoisotopic (exact) mass is 322 g/mol. The van der Waals surface area contributed by atoms with Gasteiger partial charge in [-0.1, -0.05) is 15.9 Å². The Labute approximate surface area is 120 Å². The number of halogens is 1. The van der Waals surface area contributed by atoms with Gasteiger partial charge >= 0.3 is 0 Å². The fraction of sp³-hybridized carbons (Fsp3) is 0.214. The van der Waals surface area contributed by atoms with Gasteiger partial charge in [0.05, 0.1) is 11.8 Å². The van der Waals surface area contributed by atoms with Crippen LogP contribution in [-0.4, -0.2) is 17.9 Å². The third kappa shape index (κ3) is 2.98. The lowest BCUT2D eigenvalue weighted by Crippen LogP contribution is -2.27. The summed E-state index contributed by atoms with van der Waals surface area (Å²) < 4.78 is 6.08. The van der Waals surface area contributed by atoms with Crippen LogP contribution >= 0.6 is 15.9 Å². The molecule has 0 aliphatic rings. The minimum Gasteiger partial charge on any atom is -0.469 e. The molecule has 0 aliphatic heterocycles. The van der Waals surface area contributed by atoms with Gasteiger partial charge in [-0.05, 0) is 31.2 Å². The van der Waals surface area contributed by atoms with Gasteiger partial charge in [-0.15, -0.1) is 0 Å². The smallest absolute Gasteiger partial charge is 0.255 e. The van der Waals surface area contributed by atoms with Gasteiger partial charge in [-0.25, -0.2) is 0 Å². The highest BCUT2D eigenvalue weighted by atomic mass is 79.9. The van der Waals surface area contributed by atoms with Crippen molar-refractivity contribution in [2.24, 2.45) is 0 Å². The summed E-state index contributed by atoms with van der Waals surface area (Å²) in [6.45, 7) is 2.37. The summed E-state index contributed by atoms with van der Waals surface area (Å²) in [7, 11) is 1.75. The van der Waals surface area contributed by atoms with Gasteiger partial charge in [0.2, 0.25) is 0 Å². The van der Waals surface area contributed by atoms with Crippen LogP contribution in [0.25, 0.3) is 0 Å². The Balaban J connectivity index is 2.17. The number of nitrogen functional groups attached to an aromatic ring is 1. The van der Waals surface area contributed by atoms with Crippen molar-refractivity contribution >= 4 is 27.5 Å². The van der Waals surface area contributed by atoms with Crippen LogP contribution in [0.15, 0.2) is 39.4 Å². The van der Waals surface area contributed by atoms with E-state index in [1.165, 1.54) is 0 Å². The molecule has 0 unspecified atom stereocenters. The Hall–Kier alpha value is -1.75. The number of nitrogens with two attached hydrogens (primary N) is 1. The van der Waals surface area contributed by atoms with Crippen molar-refractivity contribution in [3.05, 3.63) is 51.9 Å². The molecule has 0 aliphatic carbocycles. The average Bonchev–Trinajstić information content (AvgIpc) is 2.74. The number of amides is 1. The lowest BCUT2D eigenvalue weighted by Gasteiger charge is -2.18. The van der Waals surface area contributed by atoms with Gasteiger partial charge in [0, 0.05) is 29.3 Å². The van der Waals surface area contributed by atoms with Crippen LogP contribution in [0.4, 0.5) is 5.69 Å². The minimum atomic E-state index is -0.106. The SMILES string of the molecule is Cc1occc1CN(C)C(=O)c1ccc(Br)cc1N. The first kappa shape index (κ1) is 13.7. The predicted molar refractivity (Wildman–Crippen MR) is 77.8 cm³/mol. The molecule has 2 rings (SSSR count). The number of benzene rings is 1. The standard InChI is InChI=1S/C14H15BrN2O2/c1-9-10(5-6-19-9)8-17(2)14(18)12-4-3-11(15)7-13(12)16/h3-7H,8,16H2,1-2H3. The molecule has 2 N–H and O–H groups in total. The molecule has 5 heteroatoms. The average molecular weight is 323 g/mol. The molecule has 0 fully saturated rings. The lowest BCUT2D eigenvalue weighted by molar-refractivity contribution is 0.0785. The largest absolute Gasteiger partial charge is 0.469 e. The van der Waals surface area contributed by atoms with Gasteiger partial charge in [0.1, 0.15) is 5.76 Å². The summed E-state index contributed by atoms with van der Waals surface area (Å²) in [4.78, 5) is 13.9. The van der Waals surface area contributed by atoms with E-state index in [1.807, 2.05) is 13.0 Å². The maximum Gasteiger partial charge on any atom is 0.255 e. The number of rotatable bonds is 3. The summed E-state index contributed by atoms with van der Waals surface area (Å²) in [5.41, 5.74) is 7.83. The zero-order valence-electron chi connectivity index (χ0n) is 10.8. The van der Waals surface area contributed by atoms with E-state index in [4.69, 9.17) is 10.2 Å². The van der Waals surface area contributed by atoms with Crippen LogP contribution in [0.2, 0.25) is 0 Å². The van der Waals surface area contributed by atoms with E-state index in [1.54, 1.807) is 36.4 Å². The molecular weight excluding hydrogens is 308 g/mol. The predicted octanol–water partition coefficient (Wildman–Crippen LogP) is 3.20. The van der Waals surface area contributed by atoms with Crippen LogP contribution < -0.4 is 5.73 Å². The van der Waals surface area contributed by atoms with Crippen LogP contribution in [0.3, 0.4) is 0 Å². The molecule has 0 bridgehead atoms. The number of carbonyl (C=O) groups is 1. The zero-order valence-corrected chi connectivity index (χ0v) is 12.4. The maximum absolute atomic E-state index is 12.3. The van der Waals surface area contributed by atoms with Crippen molar-refractivity contribution in [3.63, 3.8) is 0 Å². The van der Waals surface area contributed by atoms with Crippen molar-refractivity contribution in [1.82, 2.24) is 4.90 Å². The van der Waals surface area contributed by atoms with E-state index < -0.39 is 0 Å². The van der Waals surface area contributed by atoms with E-state index >= 15 is 0 Å². The Morgan fingerprint density at radius 2 is 2.16 bits per heavy atom. The number of nitrogens with zero attached hydrogens (tertiary/aromatic N) is 1. The van der Waals surface area contributed by atoms with Gasteiger partial charge < -0.3 is 15.1 Å². The quantitative estimate of drug-likeness (QED) is 0.883. The molecule has 0 atom stereocenters. The maximum atomic E-state index is 12.3. The molecule has 0 spiro atoms. The molecule has 19 heavy (non-hydrogen) atoms. The molecule has 1 amide bonds. The minimum absolute atomic E-state index is 0.106. The summed E-state index contributed by atoms with van der Waals surface area (Å²) in [6, 6.07) is 7.12. The van der Waals surface area contributed by atoms with E-state index in [0.717, 1.165) is 15.8 Å². The van der Waals surface area contributed by atoms with Gasteiger partial charge in [-0.2, -0.15) is 0 Å². The first-order valence-electron chi connectivity index (χ1n) is 5.82. The van der Waals surface area contributed by atoms with Crippen molar-refractivity contribution < 1.29 is 9.21 Å². The molecule has 2 aromatic rings. The van der Waals surface area contributed by atoms with Gasteiger partial charge in [0.15, 0.2) is 0 Å². The van der Waals surface area contributed by atoms with E-state index in [9.17, 15) is 4.79 Å². The lowest BCUT2D eigenvalue weighted by atomic mass is 10.1. The van der Waals surface area contributed by atoms with E-state index in [0.29, 0.717) is 17.8 Å². The Morgan fingerprint density at radius 3 is 2.74 bits per heavy atom.